The van der Waals surface area contributed by atoms with E-state index in [-0.39, 0.29) is 0 Å². The molecule has 1 aliphatic heterocycles. The van der Waals surface area contributed by atoms with E-state index in [4.69, 9.17) is 10.5 Å². The zero-order valence-corrected chi connectivity index (χ0v) is 11.2. The van der Waals surface area contributed by atoms with E-state index in [9.17, 15) is 0 Å². The third-order valence-electron chi connectivity index (χ3n) is 3.79. The van der Waals surface area contributed by atoms with Crippen LogP contribution < -0.4 is 5.73 Å². The molecule has 2 N–H and O–H groups in total. The molecule has 0 atom stereocenters. The summed E-state index contributed by atoms with van der Waals surface area (Å²) in [5, 5.41) is 0. The summed E-state index contributed by atoms with van der Waals surface area (Å²) in [6.45, 7) is 3.83. The van der Waals surface area contributed by atoms with E-state index >= 15 is 0 Å². The monoisotopic (exact) mass is 259 g/mol. The van der Waals surface area contributed by atoms with Crippen LogP contribution >= 0.6 is 0 Å². The highest BCUT2D eigenvalue weighted by molar-refractivity contribution is 5.78. The van der Waals surface area contributed by atoms with Crippen molar-refractivity contribution in [2.24, 2.45) is 10.7 Å². The van der Waals surface area contributed by atoms with Gasteiger partial charge >= 0.3 is 0 Å². The van der Waals surface area contributed by atoms with E-state index in [1.165, 1.54) is 24.0 Å². The second kappa shape index (κ2) is 5.61. The Morgan fingerprint density at radius 1 is 1.21 bits per heavy atom. The zero-order valence-electron chi connectivity index (χ0n) is 11.2. The predicted octanol–water partition coefficient (Wildman–Crippen LogP) is 1.71. The Balaban J connectivity index is 1.57. The van der Waals surface area contributed by atoms with Crippen LogP contribution in [-0.4, -0.2) is 37.2 Å². The molecule has 1 saturated carbocycles. The summed E-state index contributed by atoms with van der Waals surface area (Å²) in [7, 11) is 0. The lowest BCUT2D eigenvalue weighted by atomic mass is 10.1. The average Bonchev–Trinajstić information content (AvgIpc) is 3.31. The highest BCUT2D eigenvalue weighted by Gasteiger charge is 2.22. The first kappa shape index (κ1) is 12.5. The Morgan fingerprint density at radius 3 is 2.53 bits per heavy atom. The van der Waals surface area contributed by atoms with Crippen molar-refractivity contribution < 1.29 is 4.74 Å². The van der Waals surface area contributed by atoms with Crippen molar-refractivity contribution in [1.82, 2.24) is 4.90 Å². The lowest BCUT2D eigenvalue weighted by molar-refractivity contribution is 0.0674. The van der Waals surface area contributed by atoms with E-state index < -0.39 is 0 Å². The molecule has 4 nitrogen and oxygen atoms in total. The van der Waals surface area contributed by atoms with E-state index in [0.29, 0.717) is 12.5 Å². The molecule has 0 unspecified atom stereocenters. The number of nitrogens with zero attached hydrogens (tertiary/aromatic N) is 2. The second-order valence-electron chi connectivity index (χ2n) is 5.29. The van der Waals surface area contributed by atoms with Crippen molar-refractivity contribution in [2.75, 3.05) is 26.3 Å². The first-order chi connectivity index (χ1) is 9.33. The fourth-order valence-electron chi connectivity index (χ4n) is 2.38. The topological polar surface area (TPSA) is 50.8 Å². The van der Waals surface area contributed by atoms with E-state index in [0.717, 1.165) is 32.2 Å². The molecule has 1 aromatic carbocycles. The van der Waals surface area contributed by atoms with Gasteiger partial charge in [0.15, 0.2) is 5.96 Å². The Hall–Kier alpha value is -1.55. The summed E-state index contributed by atoms with van der Waals surface area (Å²) in [5.41, 5.74) is 8.69. The van der Waals surface area contributed by atoms with Crippen molar-refractivity contribution in [3.63, 3.8) is 0 Å². The van der Waals surface area contributed by atoms with Gasteiger partial charge in [-0.1, -0.05) is 24.3 Å². The lowest BCUT2D eigenvalue weighted by Gasteiger charge is -2.27. The molecule has 0 bridgehead atoms. The van der Waals surface area contributed by atoms with Gasteiger partial charge in [-0.2, -0.15) is 0 Å². The molecule has 3 rings (SSSR count). The van der Waals surface area contributed by atoms with Gasteiger partial charge in [-0.15, -0.1) is 0 Å². The van der Waals surface area contributed by atoms with Crippen LogP contribution in [0.1, 0.15) is 29.9 Å². The van der Waals surface area contributed by atoms with Gasteiger partial charge in [-0.25, -0.2) is 4.99 Å². The number of rotatable bonds is 3. The SMILES string of the molecule is NC(=NCc1ccc(C2CC2)cc1)N1CCOCC1. The normalized spacial score (nSPS) is 20.6. The van der Waals surface area contributed by atoms with E-state index in [2.05, 4.69) is 34.2 Å². The van der Waals surface area contributed by atoms with Crippen LogP contribution in [0.3, 0.4) is 0 Å². The van der Waals surface area contributed by atoms with E-state index in [1.807, 2.05) is 0 Å². The first-order valence-corrected chi connectivity index (χ1v) is 7.04. The van der Waals surface area contributed by atoms with Gasteiger partial charge in [0.25, 0.3) is 0 Å². The van der Waals surface area contributed by atoms with Crippen molar-refractivity contribution in [3.8, 4) is 0 Å². The number of nitrogens with two attached hydrogens (primary N) is 1. The largest absolute Gasteiger partial charge is 0.378 e. The molecule has 0 radical (unpaired) electrons. The molecule has 19 heavy (non-hydrogen) atoms. The molecule has 1 aliphatic carbocycles. The summed E-state index contributed by atoms with van der Waals surface area (Å²) >= 11 is 0. The minimum Gasteiger partial charge on any atom is -0.378 e. The molecule has 4 heteroatoms. The molecule has 0 spiro atoms. The van der Waals surface area contributed by atoms with Crippen molar-refractivity contribution in [1.29, 1.82) is 0 Å². The molecule has 102 valence electrons. The van der Waals surface area contributed by atoms with Crippen LogP contribution in [0.15, 0.2) is 29.3 Å². The number of aliphatic imine (C=N–C) groups is 1. The van der Waals surface area contributed by atoms with Crippen LogP contribution in [0.4, 0.5) is 0 Å². The fraction of sp³-hybridized carbons (Fsp3) is 0.533. The molecular formula is C15H21N3O. The molecule has 1 saturated heterocycles. The third-order valence-corrected chi connectivity index (χ3v) is 3.79. The smallest absolute Gasteiger partial charge is 0.191 e. The number of hydrogen-bond donors (Lipinski definition) is 1. The molecular weight excluding hydrogens is 238 g/mol. The summed E-state index contributed by atoms with van der Waals surface area (Å²) in [6, 6.07) is 8.80. The van der Waals surface area contributed by atoms with Gasteiger partial charge < -0.3 is 15.4 Å². The van der Waals surface area contributed by atoms with Crippen LogP contribution in [-0.2, 0) is 11.3 Å². The quantitative estimate of drug-likeness (QED) is 0.664. The van der Waals surface area contributed by atoms with Gasteiger partial charge in [0.05, 0.1) is 19.8 Å². The maximum atomic E-state index is 6.00. The molecule has 2 aliphatic rings. The standard InChI is InChI=1S/C15H21N3O/c16-15(18-7-9-19-10-8-18)17-11-12-1-3-13(4-2-12)14-5-6-14/h1-4,14H,5-11H2,(H2,16,17). The third kappa shape index (κ3) is 3.26. The van der Waals surface area contributed by atoms with Crippen molar-refractivity contribution >= 4 is 5.96 Å². The Bertz CT molecular complexity index is 445. The van der Waals surface area contributed by atoms with Crippen LogP contribution in [0, 0.1) is 0 Å². The molecule has 0 amide bonds. The van der Waals surface area contributed by atoms with Crippen molar-refractivity contribution in [3.05, 3.63) is 35.4 Å². The average molecular weight is 259 g/mol. The summed E-state index contributed by atoms with van der Waals surface area (Å²) in [4.78, 5) is 6.56. The molecule has 1 heterocycles. The number of guanidine groups is 1. The van der Waals surface area contributed by atoms with Gasteiger partial charge in [0.1, 0.15) is 0 Å². The Morgan fingerprint density at radius 2 is 1.89 bits per heavy atom. The Kier molecular flexibility index (Phi) is 3.69. The molecule has 0 aromatic heterocycles. The van der Waals surface area contributed by atoms with Crippen LogP contribution in [0.25, 0.3) is 0 Å². The number of hydrogen-bond acceptors (Lipinski definition) is 2. The van der Waals surface area contributed by atoms with Crippen LogP contribution in [0.5, 0.6) is 0 Å². The van der Waals surface area contributed by atoms with Gasteiger partial charge in [-0.05, 0) is 29.9 Å². The van der Waals surface area contributed by atoms with Gasteiger partial charge in [-0.3, -0.25) is 0 Å². The minimum atomic E-state index is 0.634. The van der Waals surface area contributed by atoms with Crippen molar-refractivity contribution in [2.45, 2.75) is 25.3 Å². The van der Waals surface area contributed by atoms with Gasteiger partial charge in [0, 0.05) is 13.1 Å². The maximum absolute atomic E-state index is 6.00. The molecule has 1 aromatic rings. The summed E-state index contributed by atoms with van der Waals surface area (Å²) in [6.07, 6.45) is 2.70. The number of morpholine rings is 1. The summed E-state index contributed by atoms with van der Waals surface area (Å²) in [5.74, 6) is 1.45. The lowest BCUT2D eigenvalue weighted by Crippen LogP contribution is -2.44. The van der Waals surface area contributed by atoms with E-state index in [1.54, 1.807) is 0 Å². The number of benzene rings is 1. The number of ether oxygens (including phenoxy) is 1. The maximum Gasteiger partial charge on any atom is 0.191 e. The predicted molar refractivity (Wildman–Crippen MR) is 76.1 cm³/mol. The first-order valence-electron chi connectivity index (χ1n) is 7.04. The highest BCUT2D eigenvalue weighted by Crippen LogP contribution is 2.39. The van der Waals surface area contributed by atoms with Crippen LogP contribution in [0.2, 0.25) is 0 Å². The fourth-order valence-corrected chi connectivity index (χ4v) is 2.38. The minimum absolute atomic E-state index is 0.634. The highest BCUT2D eigenvalue weighted by atomic mass is 16.5. The Labute approximate surface area is 114 Å². The second-order valence-corrected chi connectivity index (χ2v) is 5.29. The summed E-state index contributed by atoms with van der Waals surface area (Å²) < 4.78 is 5.30. The van der Waals surface area contributed by atoms with Gasteiger partial charge in [0.2, 0.25) is 0 Å². The zero-order chi connectivity index (χ0) is 13.1. The molecule has 2 fully saturated rings.